The molecule has 0 saturated heterocycles. The molecule has 166 valence electrons. The summed E-state index contributed by atoms with van der Waals surface area (Å²) in [5, 5.41) is 18.0. The van der Waals surface area contributed by atoms with Gasteiger partial charge in [0.15, 0.2) is 0 Å². The summed E-state index contributed by atoms with van der Waals surface area (Å²) in [5.41, 5.74) is 3.48. The number of hydrogen-bond donors (Lipinski definition) is 1. The zero-order valence-electron chi connectivity index (χ0n) is 18.2. The molecule has 7 heteroatoms. The van der Waals surface area contributed by atoms with Gasteiger partial charge in [-0.05, 0) is 37.3 Å². The van der Waals surface area contributed by atoms with E-state index in [-0.39, 0.29) is 5.91 Å². The van der Waals surface area contributed by atoms with E-state index in [0.29, 0.717) is 39.0 Å². The zero-order chi connectivity index (χ0) is 23.5. The minimum absolute atomic E-state index is 0.336. The standard InChI is InChI=1S/C27H19ClN4O2/c1-17-25(26(32-34-17)21-13-7-8-14-22(21)28)27(33)29-23-15-16-24(20-12-6-5-11-19(20)23)31-30-18-9-3-2-4-10-18/h2-16H,1H3,(H,29,33). The van der Waals surface area contributed by atoms with Crippen molar-refractivity contribution in [3.8, 4) is 11.3 Å². The Bertz CT molecular complexity index is 1530. The molecule has 1 aromatic heterocycles. The highest BCUT2D eigenvalue weighted by Crippen LogP contribution is 2.35. The smallest absolute Gasteiger partial charge is 0.261 e. The molecule has 1 N–H and O–H groups in total. The molecular weight excluding hydrogens is 448 g/mol. The lowest BCUT2D eigenvalue weighted by atomic mass is 10.0. The number of halogens is 1. The number of nitrogens with one attached hydrogen (secondary N) is 1. The van der Waals surface area contributed by atoms with Gasteiger partial charge in [0, 0.05) is 22.0 Å². The third kappa shape index (κ3) is 4.19. The molecule has 6 nitrogen and oxygen atoms in total. The molecule has 0 fully saturated rings. The van der Waals surface area contributed by atoms with Crippen molar-refractivity contribution in [2.75, 3.05) is 5.32 Å². The van der Waals surface area contributed by atoms with E-state index >= 15 is 0 Å². The minimum Gasteiger partial charge on any atom is -0.360 e. The van der Waals surface area contributed by atoms with Crippen molar-refractivity contribution < 1.29 is 9.32 Å². The largest absolute Gasteiger partial charge is 0.360 e. The van der Waals surface area contributed by atoms with Crippen molar-refractivity contribution in [3.05, 3.63) is 107 Å². The van der Waals surface area contributed by atoms with Gasteiger partial charge in [0.25, 0.3) is 5.91 Å². The SMILES string of the molecule is Cc1onc(-c2ccccc2Cl)c1C(=O)Nc1ccc(N=Nc2ccccc2)c2ccccc12. The van der Waals surface area contributed by atoms with Crippen molar-refractivity contribution >= 4 is 45.3 Å². The Morgan fingerprint density at radius 2 is 1.56 bits per heavy atom. The lowest BCUT2D eigenvalue weighted by Crippen LogP contribution is -2.13. The van der Waals surface area contributed by atoms with E-state index < -0.39 is 0 Å². The second kappa shape index (κ2) is 9.29. The van der Waals surface area contributed by atoms with Crippen LogP contribution in [-0.4, -0.2) is 11.1 Å². The molecular formula is C27H19ClN4O2. The van der Waals surface area contributed by atoms with Crippen molar-refractivity contribution in [1.82, 2.24) is 5.16 Å². The van der Waals surface area contributed by atoms with Crippen LogP contribution in [0.3, 0.4) is 0 Å². The summed E-state index contributed by atoms with van der Waals surface area (Å²) in [4.78, 5) is 13.3. The first-order chi connectivity index (χ1) is 16.6. The number of rotatable bonds is 5. The lowest BCUT2D eigenvalue weighted by molar-refractivity contribution is 0.102. The van der Waals surface area contributed by atoms with Gasteiger partial charge >= 0.3 is 0 Å². The Morgan fingerprint density at radius 1 is 0.853 bits per heavy atom. The van der Waals surface area contributed by atoms with E-state index in [1.807, 2.05) is 78.9 Å². The number of carbonyl (C=O) groups is 1. The Balaban J connectivity index is 1.50. The molecule has 0 atom stereocenters. The summed E-state index contributed by atoms with van der Waals surface area (Å²) in [7, 11) is 0. The van der Waals surface area contributed by atoms with Crippen LogP contribution in [0.25, 0.3) is 22.0 Å². The molecule has 0 aliphatic carbocycles. The third-order valence-electron chi connectivity index (χ3n) is 5.40. The molecule has 5 aromatic rings. The number of aromatic nitrogens is 1. The highest BCUT2D eigenvalue weighted by Gasteiger charge is 2.23. The lowest BCUT2D eigenvalue weighted by Gasteiger charge is -2.11. The first kappa shape index (κ1) is 21.6. The molecule has 0 aliphatic heterocycles. The molecule has 0 bridgehead atoms. The molecule has 0 unspecified atom stereocenters. The van der Waals surface area contributed by atoms with Crippen molar-refractivity contribution in [2.24, 2.45) is 10.2 Å². The quantitative estimate of drug-likeness (QED) is 0.265. The fourth-order valence-electron chi connectivity index (χ4n) is 3.75. The number of anilines is 1. The van der Waals surface area contributed by atoms with Crippen molar-refractivity contribution in [3.63, 3.8) is 0 Å². The second-order valence-corrected chi connectivity index (χ2v) is 8.02. The average Bonchev–Trinajstić information content (AvgIpc) is 3.25. The summed E-state index contributed by atoms with van der Waals surface area (Å²) in [6.07, 6.45) is 0. The Hall–Kier alpha value is -4.29. The van der Waals surface area contributed by atoms with E-state index in [1.54, 1.807) is 19.1 Å². The number of benzene rings is 4. The molecule has 34 heavy (non-hydrogen) atoms. The molecule has 0 spiro atoms. The van der Waals surface area contributed by atoms with Gasteiger partial charge < -0.3 is 9.84 Å². The van der Waals surface area contributed by atoms with Crippen LogP contribution in [0.1, 0.15) is 16.1 Å². The Labute approximate surface area is 200 Å². The number of azo groups is 1. The minimum atomic E-state index is -0.336. The van der Waals surface area contributed by atoms with Gasteiger partial charge in [0.05, 0.1) is 16.4 Å². The van der Waals surface area contributed by atoms with Gasteiger partial charge in [-0.15, -0.1) is 5.11 Å². The Kier molecular flexibility index (Phi) is 5.89. The summed E-state index contributed by atoms with van der Waals surface area (Å²) in [6.45, 7) is 1.70. The van der Waals surface area contributed by atoms with Crippen LogP contribution in [0.2, 0.25) is 5.02 Å². The van der Waals surface area contributed by atoms with Gasteiger partial charge in [0.2, 0.25) is 0 Å². The van der Waals surface area contributed by atoms with Crippen molar-refractivity contribution in [2.45, 2.75) is 6.92 Å². The van der Waals surface area contributed by atoms with Crippen LogP contribution >= 0.6 is 11.6 Å². The van der Waals surface area contributed by atoms with Gasteiger partial charge in [-0.25, -0.2) is 0 Å². The molecule has 1 heterocycles. The fraction of sp³-hybridized carbons (Fsp3) is 0.0370. The number of hydrogen-bond acceptors (Lipinski definition) is 5. The van der Waals surface area contributed by atoms with Crippen molar-refractivity contribution in [1.29, 1.82) is 0 Å². The number of fused-ring (bicyclic) bond motifs is 1. The highest BCUT2D eigenvalue weighted by atomic mass is 35.5. The monoisotopic (exact) mass is 466 g/mol. The van der Waals surface area contributed by atoms with Gasteiger partial charge in [-0.3, -0.25) is 4.79 Å². The predicted octanol–water partition coefficient (Wildman–Crippen LogP) is 8.12. The summed E-state index contributed by atoms with van der Waals surface area (Å²) < 4.78 is 5.35. The molecule has 0 saturated carbocycles. The third-order valence-corrected chi connectivity index (χ3v) is 5.73. The van der Waals surface area contributed by atoms with Crippen LogP contribution < -0.4 is 5.32 Å². The van der Waals surface area contributed by atoms with Crippen LogP contribution in [-0.2, 0) is 0 Å². The predicted molar refractivity (Wildman–Crippen MR) is 134 cm³/mol. The van der Waals surface area contributed by atoms with E-state index in [0.717, 1.165) is 16.5 Å². The number of nitrogens with zero attached hydrogens (tertiary/aromatic N) is 3. The van der Waals surface area contributed by atoms with Gasteiger partial charge in [0.1, 0.15) is 17.0 Å². The van der Waals surface area contributed by atoms with Crippen LogP contribution in [0.4, 0.5) is 17.1 Å². The molecule has 1 amide bonds. The average molecular weight is 467 g/mol. The number of aryl methyl sites for hydroxylation is 1. The first-order valence-electron chi connectivity index (χ1n) is 10.6. The molecule has 0 radical (unpaired) electrons. The van der Waals surface area contributed by atoms with Gasteiger partial charge in [-0.1, -0.05) is 77.4 Å². The van der Waals surface area contributed by atoms with Gasteiger partial charge in [-0.2, -0.15) is 5.11 Å². The fourth-order valence-corrected chi connectivity index (χ4v) is 3.97. The van der Waals surface area contributed by atoms with Crippen LogP contribution in [0.5, 0.6) is 0 Å². The maximum Gasteiger partial charge on any atom is 0.261 e. The maximum absolute atomic E-state index is 13.3. The van der Waals surface area contributed by atoms with Crippen LogP contribution in [0.15, 0.2) is 106 Å². The molecule has 4 aromatic carbocycles. The maximum atomic E-state index is 13.3. The summed E-state index contributed by atoms with van der Waals surface area (Å²) in [6, 6.07) is 28.1. The van der Waals surface area contributed by atoms with E-state index in [2.05, 4.69) is 20.7 Å². The molecule has 0 aliphatic rings. The van der Waals surface area contributed by atoms with Crippen LogP contribution in [0, 0.1) is 6.92 Å². The summed E-state index contributed by atoms with van der Waals surface area (Å²) >= 11 is 6.34. The zero-order valence-corrected chi connectivity index (χ0v) is 19.0. The van der Waals surface area contributed by atoms with E-state index in [9.17, 15) is 4.79 Å². The van der Waals surface area contributed by atoms with E-state index in [4.69, 9.17) is 16.1 Å². The Morgan fingerprint density at radius 3 is 2.35 bits per heavy atom. The topological polar surface area (TPSA) is 79.9 Å². The number of carbonyl (C=O) groups excluding carboxylic acids is 1. The normalized spacial score (nSPS) is 11.2. The highest BCUT2D eigenvalue weighted by molar-refractivity contribution is 6.33. The van der Waals surface area contributed by atoms with E-state index in [1.165, 1.54) is 0 Å². The first-order valence-corrected chi connectivity index (χ1v) is 11.0. The summed E-state index contributed by atoms with van der Waals surface area (Å²) in [5.74, 6) is 0.0718. The number of amides is 1. The second-order valence-electron chi connectivity index (χ2n) is 7.61. The molecule has 5 rings (SSSR count).